The van der Waals surface area contributed by atoms with E-state index in [4.69, 9.17) is 9.72 Å². The van der Waals surface area contributed by atoms with Crippen LogP contribution in [0.3, 0.4) is 0 Å². The van der Waals surface area contributed by atoms with Crippen LogP contribution in [0.2, 0.25) is 0 Å². The number of hydrogen-bond donors (Lipinski definition) is 0. The van der Waals surface area contributed by atoms with Crippen molar-refractivity contribution in [2.24, 2.45) is 5.92 Å². The topological polar surface area (TPSA) is 22.1 Å². The van der Waals surface area contributed by atoms with E-state index in [9.17, 15) is 0 Å². The van der Waals surface area contributed by atoms with Crippen molar-refractivity contribution in [1.29, 1.82) is 0 Å². The predicted molar refractivity (Wildman–Crippen MR) is 99.0 cm³/mol. The molecule has 2 aromatic carbocycles. The van der Waals surface area contributed by atoms with Crippen LogP contribution in [0.5, 0.6) is 0 Å². The normalized spacial score (nSPS) is 20.0. The predicted octanol–water partition coefficient (Wildman–Crippen LogP) is 5.54. The molecular formula is C22H23NO. The van der Waals surface area contributed by atoms with Crippen LogP contribution in [-0.2, 0) is 10.3 Å². The van der Waals surface area contributed by atoms with Gasteiger partial charge in [0.1, 0.15) is 5.60 Å². The smallest absolute Gasteiger partial charge is 0.119 e. The Morgan fingerprint density at radius 2 is 1.83 bits per heavy atom. The number of methoxy groups -OCH3 is 1. The Morgan fingerprint density at radius 3 is 2.62 bits per heavy atom. The number of nitrogens with zero attached hydrogens (tertiary/aromatic N) is 1. The maximum Gasteiger partial charge on any atom is 0.119 e. The summed E-state index contributed by atoms with van der Waals surface area (Å²) in [5.41, 5.74) is 4.38. The zero-order valence-corrected chi connectivity index (χ0v) is 14.5. The third-order valence-electron chi connectivity index (χ3n) is 5.52. The summed E-state index contributed by atoms with van der Waals surface area (Å²) in [6.07, 6.45) is 4.03. The van der Waals surface area contributed by atoms with Crippen molar-refractivity contribution in [3.8, 4) is 11.3 Å². The molecule has 2 atom stereocenters. The van der Waals surface area contributed by atoms with Crippen molar-refractivity contribution in [1.82, 2.24) is 4.98 Å². The van der Waals surface area contributed by atoms with Gasteiger partial charge in [0.25, 0.3) is 0 Å². The van der Waals surface area contributed by atoms with Crippen molar-refractivity contribution in [3.63, 3.8) is 0 Å². The molecule has 4 rings (SSSR count). The van der Waals surface area contributed by atoms with Crippen LogP contribution in [0.25, 0.3) is 22.0 Å². The lowest BCUT2D eigenvalue weighted by atomic mass is 9.71. The monoisotopic (exact) mass is 317 g/mol. The zero-order chi connectivity index (χ0) is 16.7. The maximum absolute atomic E-state index is 6.30. The number of benzene rings is 2. The molecule has 1 aromatic heterocycles. The first-order valence-electron chi connectivity index (χ1n) is 8.74. The fourth-order valence-corrected chi connectivity index (χ4v) is 4.12. The van der Waals surface area contributed by atoms with Crippen LogP contribution < -0.4 is 0 Å². The summed E-state index contributed by atoms with van der Waals surface area (Å²) in [6.45, 7) is 4.56. The maximum atomic E-state index is 6.30. The van der Waals surface area contributed by atoms with Gasteiger partial charge in [-0.05, 0) is 34.9 Å². The Kier molecular flexibility index (Phi) is 3.65. The number of ether oxygens (including phenoxy) is 1. The molecular weight excluding hydrogens is 294 g/mol. The largest absolute Gasteiger partial charge is 0.369 e. The first-order chi connectivity index (χ1) is 11.7. The third kappa shape index (κ3) is 2.03. The van der Waals surface area contributed by atoms with E-state index < -0.39 is 5.60 Å². The summed E-state index contributed by atoms with van der Waals surface area (Å²) in [5.74, 6) is 0.575. The van der Waals surface area contributed by atoms with E-state index in [1.165, 1.54) is 27.5 Å². The molecule has 1 aliphatic carbocycles. The molecule has 0 radical (unpaired) electrons. The number of fused-ring (bicyclic) bond motifs is 2. The number of aromatic nitrogens is 1. The van der Waals surface area contributed by atoms with Gasteiger partial charge in [-0.2, -0.15) is 0 Å². The second-order valence-electron chi connectivity index (χ2n) is 6.86. The molecule has 3 aromatic rings. The van der Waals surface area contributed by atoms with Gasteiger partial charge in [-0.15, -0.1) is 0 Å². The highest BCUT2D eigenvalue weighted by Gasteiger charge is 2.42. The second-order valence-corrected chi connectivity index (χ2v) is 6.86. The second kappa shape index (κ2) is 5.71. The highest BCUT2D eigenvalue weighted by molar-refractivity contribution is 6.01. The average Bonchev–Trinajstić information content (AvgIpc) is 2.65. The van der Waals surface area contributed by atoms with Crippen LogP contribution in [-0.4, -0.2) is 12.1 Å². The number of hydrogen-bond acceptors (Lipinski definition) is 2. The van der Waals surface area contributed by atoms with E-state index in [2.05, 4.69) is 62.4 Å². The molecule has 2 nitrogen and oxygen atoms in total. The summed E-state index contributed by atoms with van der Waals surface area (Å²) in [4.78, 5) is 4.72. The van der Waals surface area contributed by atoms with Crippen molar-refractivity contribution >= 4 is 10.8 Å². The minimum atomic E-state index is -0.401. The molecule has 0 bridgehead atoms. The first kappa shape index (κ1) is 15.3. The lowest BCUT2D eigenvalue weighted by Gasteiger charge is -2.40. The molecule has 0 N–H and O–H groups in total. The zero-order valence-electron chi connectivity index (χ0n) is 14.5. The van der Waals surface area contributed by atoms with Gasteiger partial charge in [0, 0.05) is 24.3 Å². The molecule has 0 spiro atoms. The molecule has 2 heteroatoms. The molecule has 0 aliphatic heterocycles. The van der Waals surface area contributed by atoms with Crippen LogP contribution in [0.4, 0.5) is 0 Å². The average molecular weight is 317 g/mol. The molecule has 0 amide bonds. The fourth-order valence-electron chi connectivity index (χ4n) is 4.12. The van der Waals surface area contributed by atoms with Crippen LogP contribution in [0, 0.1) is 5.92 Å². The summed E-state index contributed by atoms with van der Waals surface area (Å²) in [5, 5.41) is 2.47. The van der Waals surface area contributed by atoms with E-state index in [0.29, 0.717) is 5.92 Å². The summed E-state index contributed by atoms with van der Waals surface area (Å²) < 4.78 is 6.30. The highest BCUT2D eigenvalue weighted by Crippen LogP contribution is 2.51. The molecule has 24 heavy (non-hydrogen) atoms. The molecule has 2 unspecified atom stereocenters. The van der Waals surface area contributed by atoms with Crippen LogP contribution in [0.1, 0.15) is 37.8 Å². The standard InChI is InChI=1S/C22H23NO/c1-4-15(2)14-22(24-3)18-10-6-5-9-17(18)21-20-16(12-13-23-21)8-7-11-19(20)22/h5-13,15H,4,14H2,1-3H3. The van der Waals surface area contributed by atoms with Gasteiger partial charge < -0.3 is 4.74 Å². The molecule has 0 saturated carbocycles. The van der Waals surface area contributed by atoms with Gasteiger partial charge in [0.15, 0.2) is 0 Å². The minimum Gasteiger partial charge on any atom is -0.369 e. The van der Waals surface area contributed by atoms with Gasteiger partial charge >= 0.3 is 0 Å². The summed E-state index contributed by atoms with van der Waals surface area (Å²) in [7, 11) is 1.85. The van der Waals surface area contributed by atoms with Crippen molar-refractivity contribution in [2.75, 3.05) is 7.11 Å². The van der Waals surface area contributed by atoms with E-state index in [0.717, 1.165) is 18.5 Å². The van der Waals surface area contributed by atoms with Crippen molar-refractivity contribution < 1.29 is 4.74 Å². The number of pyridine rings is 1. The van der Waals surface area contributed by atoms with Gasteiger partial charge in [-0.1, -0.05) is 62.7 Å². The Hall–Kier alpha value is -2.19. The highest BCUT2D eigenvalue weighted by atomic mass is 16.5. The van der Waals surface area contributed by atoms with E-state index in [-0.39, 0.29) is 0 Å². The molecule has 1 aliphatic rings. The Labute approximate surface area is 143 Å². The van der Waals surface area contributed by atoms with Crippen LogP contribution in [0.15, 0.2) is 54.7 Å². The Balaban J connectivity index is 2.12. The summed E-state index contributed by atoms with van der Waals surface area (Å²) >= 11 is 0. The minimum absolute atomic E-state index is 0.401. The summed E-state index contributed by atoms with van der Waals surface area (Å²) in [6, 6.07) is 17.2. The van der Waals surface area contributed by atoms with Crippen molar-refractivity contribution in [2.45, 2.75) is 32.3 Å². The van der Waals surface area contributed by atoms with Gasteiger partial charge in [0.05, 0.1) is 5.69 Å². The molecule has 1 heterocycles. The number of rotatable bonds is 4. The Morgan fingerprint density at radius 1 is 1.04 bits per heavy atom. The lowest BCUT2D eigenvalue weighted by molar-refractivity contribution is 0.00320. The third-order valence-corrected chi connectivity index (χ3v) is 5.52. The van der Waals surface area contributed by atoms with Gasteiger partial charge in [-0.25, -0.2) is 0 Å². The van der Waals surface area contributed by atoms with Gasteiger partial charge in [-0.3, -0.25) is 4.98 Å². The van der Waals surface area contributed by atoms with E-state index in [1.54, 1.807) is 0 Å². The lowest BCUT2D eigenvalue weighted by Crippen LogP contribution is -2.35. The molecule has 0 fully saturated rings. The molecule has 122 valence electrons. The SMILES string of the molecule is CCC(C)CC1(OC)c2ccccc2-c2nccc3cccc1c23. The quantitative estimate of drug-likeness (QED) is 0.630. The van der Waals surface area contributed by atoms with Crippen LogP contribution >= 0.6 is 0 Å². The van der Waals surface area contributed by atoms with Gasteiger partial charge in [0.2, 0.25) is 0 Å². The van der Waals surface area contributed by atoms with E-state index >= 15 is 0 Å². The fraction of sp³-hybridized carbons (Fsp3) is 0.318. The Bertz CT molecular complexity index is 896. The van der Waals surface area contributed by atoms with Crippen molar-refractivity contribution in [3.05, 3.63) is 65.9 Å². The first-order valence-corrected chi connectivity index (χ1v) is 8.74. The van der Waals surface area contributed by atoms with E-state index in [1.807, 2.05) is 13.3 Å². The molecule has 0 saturated heterocycles.